The van der Waals surface area contributed by atoms with Gasteiger partial charge in [-0.3, -0.25) is 4.79 Å². The third kappa shape index (κ3) is 6.16. The molecular formula is C25H24F4N2O2. The minimum Gasteiger partial charge on any atom is -0.491 e. The van der Waals surface area contributed by atoms with Crippen LogP contribution in [0.5, 0.6) is 5.75 Å². The van der Waals surface area contributed by atoms with Crippen molar-refractivity contribution < 1.29 is 27.1 Å². The zero-order chi connectivity index (χ0) is 24.0. The van der Waals surface area contributed by atoms with Crippen molar-refractivity contribution in [2.75, 3.05) is 13.2 Å². The second kappa shape index (κ2) is 10.6. The summed E-state index contributed by atoms with van der Waals surface area (Å²) >= 11 is 0. The van der Waals surface area contributed by atoms with Gasteiger partial charge in [0.05, 0.1) is 6.61 Å². The SMILES string of the molecule is CCOc1c(CCN[C@@H](C)c2ccccc2)cc(C(=O)C(F)(F)F)nc1-c1ccc(F)cc1. The maximum atomic E-state index is 13.4. The van der Waals surface area contributed by atoms with E-state index in [2.05, 4.69) is 10.3 Å². The second-order valence-electron chi connectivity index (χ2n) is 7.45. The molecule has 0 saturated carbocycles. The third-order valence-electron chi connectivity index (χ3n) is 5.09. The number of aromatic nitrogens is 1. The Hall–Kier alpha value is -3.26. The first-order valence-corrected chi connectivity index (χ1v) is 10.5. The minimum absolute atomic E-state index is 0.0106. The molecule has 2 aromatic carbocycles. The van der Waals surface area contributed by atoms with Gasteiger partial charge in [-0.05, 0) is 68.3 Å². The minimum atomic E-state index is -5.07. The van der Waals surface area contributed by atoms with E-state index in [1.807, 2.05) is 37.3 Å². The zero-order valence-electron chi connectivity index (χ0n) is 18.2. The molecule has 1 heterocycles. The lowest BCUT2D eigenvalue weighted by atomic mass is 10.0. The molecule has 0 unspecified atom stereocenters. The van der Waals surface area contributed by atoms with Crippen molar-refractivity contribution in [1.29, 1.82) is 0 Å². The molecule has 1 N–H and O–H groups in total. The standard InChI is InChI=1S/C25H24F4N2O2/c1-3-33-23-19(13-14-30-16(2)17-7-5-4-6-8-17)15-21(24(32)25(27,28)29)31-22(23)18-9-11-20(26)12-10-18/h4-12,15-16,30H,3,13-14H2,1-2H3/t16-/m0/s1. The average molecular weight is 460 g/mol. The molecule has 0 aliphatic heterocycles. The fourth-order valence-electron chi connectivity index (χ4n) is 3.43. The summed E-state index contributed by atoms with van der Waals surface area (Å²) in [5.74, 6) is -2.27. The van der Waals surface area contributed by atoms with Gasteiger partial charge in [0.1, 0.15) is 23.0 Å². The number of hydrogen-bond acceptors (Lipinski definition) is 4. The van der Waals surface area contributed by atoms with E-state index < -0.39 is 23.5 Å². The highest BCUT2D eigenvalue weighted by molar-refractivity contribution is 5.99. The topological polar surface area (TPSA) is 51.2 Å². The molecular weight excluding hydrogens is 436 g/mol. The fraction of sp³-hybridized carbons (Fsp3) is 0.280. The van der Waals surface area contributed by atoms with Crippen LogP contribution in [0.25, 0.3) is 11.3 Å². The summed E-state index contributed by atoms with van der Waals surface area (Å²) in [6, 6.07) is 16.0. The number of ketones is 1. The Morgan fingerprint density at radius 1 is 1.09 bits per heavy atom. The molecule has 0 saturated heterocycles. The quantitative estimate of drug-likeness (QED) is 0.318. The number of hydrogen-bond donors (Lipinski definition) is 1. The molecule has 3 rings (SSSR count). The molecule has 3 aromatic rings. The van der Waals surface area contributed by atoms with Gasteiger partial charge in [-0.2, -0.15) is 13.2 Å². The van der Waals surface area contributed by atoms with Crippen molar-refractivity contribution in [3.63, 3.8) is 0 Å². The Morgan fingerprint density at radius 2 is 1.76 bits per heavy atom. The lowest BCUT2D eigenvalue weighted by molar-refractivity contribution is -0.0888. The molecule has 0 amide bonds. The van der Waals surface area contributed by atoms with E-state index in [0.717, 1.165) is 11.6 Å². The van der Waals surface area contributed by atoms with Crippen molar-refractivity contribution >= 4 is 5.78 Å². The number of carbonyl (C=O) groups excluding carboxylic acids is 1. The van der Waals surface area contributed by atoms with Gasteiger partial charge in [-0.15, -0.1) is 0 Å². The van der Waals surface area contributed by atoms with E-state index in [9.17, 15) is 22.4 Å². The van der Waals surface area contributed by atoms with Crippen LogP contribution in [0.15, 0.2) is 60.7 Å². The Labute approximate surface area is 189 Å². The molecule has 0 fully saturated rings. The second-order valence-corrected chi connectivity index (χ2v) is 7.45. The fourth-order valence-corrected chi connectivity index (χ4v) is 3.43. The van der Waals surface area contributed by atoms with Crippen molar-refractivity contribution in [2.24, 2.45) is 0 Å². The Bertz CT molecular complexity index is 1080. The van der Waals surface area contributed by atoms with E-state index >= 15 is 0 Å². The van der Waals surface area contributed by atoms with Crippen molar-refractivity contribution in [3.8, 4) is 17.0 Å². The lowest BCUT2D eigenvalue weighted by Gasteiger charge is -2.18. The number of pyridine rings is 1. The first-order valence-electron chi connectivity index (χ1n) is 10.5. The number of rotatable bonds is 9. The predicted octanol–water partition coefficient (Wildman–Crippen LogP) is 5.92. The smallest absolute Gasteiger partial charge is 0.456 e. The van der Waals surface area contributed by atoms with Crippen molar-refractivity contribution in [1.82, 2.24) is 10.3 Å². The van der Waals surface area contributed by atoms with Crippen LogP contribution in [0.2, 0.25) is 0 Å². The van der Waals surface area contributed by atoms with E-state index in [0.29, 0.717) is 24.1 Å². The first-order chi connectivity index (χ1) is 15.7. The number of benzene rings is 2. The zero-order valence-corrected chi connectivity index (χ0v) is 18.2. The first kappa shape index (κ1) is 24.4. The molecule has 0 radical (unpaired) electrons. The highest BCUT2D eigenvalue weighted by Crippen LogP contribution is 2.34. The van der Waals surface area contributed by atoms with Gasteiger partial charge in [0.15, 0.2) is 0 Å². The summed E-state index contributed by atoms with van der Waals surface area (Å²) in [5, 5.41) is 3.33. The van der Waals surface area contributed by atoms with Crippen LogP contribution in [-0.2, 0) is 6.42 Å². The van der Waals surface area contributed by atoms with Crippen LogP contribution in [0, 0.1) is 5.82 Å². The number of nitrogens with zero attached hydrogens (tertiary/aromatic N) is 1. The van der Waals surface area contributed by atoms with Crippen LogP contribution in [-0.4, -0.2) is 30.1 Å². The maximum absolute atomic E-state index is 13.4. The van der Waals surface area contributed by atoms with Crippen molar-refractivity contribution in [2.45, 2.75) is 32.5 Å². The highest BCUT2D eigenvalue weighted by atomic mass is 19.4. The van der Waals surface area contributed by atoms with E-state index in [1.54, 1.807) is 6.92 Å². The summed E-state index contributed by atoms with van der Waals surface area (Å²) in [6.45, 7) is 4.38. The maximum Gasteiger partial charge on any atom is 0.456 e. The molecule has 4 nitrogen and oxygen atoms in total. The van der Waals surface area contributed by atoms with Gasteiger partial charge >= 0.3 is 6.18 Å². The van der Waals surface area contributed by atoms with Gasteiger partial charge in [-0.1, -0.05) is 30.3 Å². The molecule has 33 heavy (non-hydrogen) atoms. The Kier molecular flexibility index (Phi) is 7.81. The summed E-state index contributed by atoms with van der Waals surface area (Å²) in [7, 11) is 0. The molecule has 0 aliphatic carbocycles. The Morgan fingerprint density at radius 3 is 2.36 bits per heavy atom. The predicted molar refractivity (Wildman–Crippen MR) is 118 cm³/mol. The number of carbonyl (C=O) groups is 1. The normalized spacial score (nSPS) is 12.4. The number of Topliss-reactive ketones (excluding diaryl/α,β-unsaturated/α-hetero) is 1. The van der Waals surface area contributed by atoms with Gasteiger partial charge in [0.2, 0.25) is 0 Å². The van der Waals surface area contributed by atoms with Crippen LogP contribution >= 0.6 is 0 Å². The molecule has 8 heteroatoms. The van der Waals surface area contributed by atoms with E-state index in [1.165, 1.54) is 24.3 Å². The monoisotopic (exact) mass is 460 g/mol. The number of ether oxygens (including phenoxy) is 1. The summed E-state index contributed by atoms with van der Waals surface area (Å²) in [6.07, 6.45) is -4.78. The van der Waals surface area contributed by atoms with Gasteiger partial charge in [-0.25, -0.2) is 9.37 Å². The molecule has 1 atom stereocenters. The highest BCUT2D eigenvalue weighted by Gasteiger charge is 2.41. The average Bonchev–Trinajstić information content (AvgIpc) is 2.80. The summed E-state index contributed by atoms with van der Waals surface area (Å²) < 4.78 is 58.6. The van der Waals surface area contributed by atoms with Gasteiger partial charge in [0, 0.05) is 11.6 Å². The molecule has 0 aliphatic rings. The van der Waals surface area contributed by atoms with Gasteiger partial charge < -0.3 is 10.1 Å². The molecule has 0 bridgehead atoms. The van der Waals surface area contributed by atoms with Crippen LogP contribution < -0.4 is 10.1 Å². The largest absolute Gasteiger partial charge is 0.491 e. The van der Waals surface area contributed by atoms with E-state index in [4.69, 9.17) is 4.74 Å². The van der Waals surface area contributed by atoms with E-state index in [-0.39, 0.29) is 24.1 Å². The summed E-state index contributed by atoms with van der Waals surface area (Å²) in [5.41, 5.74) is 1.17. The lowest BCUT2D eigenvalue weighted by Crippen LogP contribution is -2.25. The van der Waals surface area contributed by atoms with Gasteiger partial charge in [0.25, 0.3) is 5.78 Å². The van der Waals surface area contributed by atoms with Crippen LogP contribution in [0.1, 0.15) is 41.5 Å². The van der Waals surface area contributed by atoms with Crippen LogP contribution in [0.4, 0.5) is 17.6 Å². The molecule has 1 aromatic heterocycles. The number of nitrogens with one attached hydrogen (secondary N) is 1. The molecule has 174 valence electrons. The number of alkyl halides is 3. The third-order valence-corrected chi connectivity index (χ3v) is 5.09. The summed E-state index contributed by atoms with van der Waals surface area (Å²) in [4.78, 5) is 16.0. The van der Waals surface area contributed by atoms with Crippen molar-refractivity contribution in [3.05, 3.63) is 83.3 Å². The number of halogens is 4. The Balaban J connectivity index is 1.97. The van der Waals surface area contributed by atoms with Crippen LogP contribution in [0.3, 0.4) is 0 Å². The molecule has 0 spiro atoms.